The number of rotatable bonds is 4. The van der Waals surface area contributed by atoms with Gasteiger partial charge in [-0.15, -0.1) is 0 Å². The molecule has 0 aliphatic carbocycles. The molecule has 0 aromatic heterocycles. The Morgan fingerprint density at radius 3 is 2.82 bits per heavy atom. The number of phenolic OH excluding ortho intramolecular Hbond substituents is 1. The van der Waals surface area contributed by atoms with Crippen LogP contribution in [0.4, 0.5) is 4.39 Å². The fourth-order valence-corrected chi connectivity index (χ4v) is 2.03. The fourth-order valence-electron chi connectivity index (χ4n) is 2.03. The first kappa shape index (κ1) is 12.3. The van der Waals surface area contributed by atoms with Crippen LogP contribution in [0.1, 0.15) is 18.4 Å². The Labute approximate surface area is 101 Å². The molecule has 1 aromatic rings. The molecule has 0 spiro atoms. The maximum Gasteiger partial charge on any atom is 0.165 e. The van der Waals surface area contributed by atoms with E-state index in [2.05, 4.69) is 5.32 Å². The minimum atomic E-state index is -0.560. The molecule has 0 amide bonds. The van der Waals surface area contributed by atoms with Gasteiger partial charge in [-0.05, 0) is 43.0 Å². The van der Waals surface area contributed by atoms with Gasteiger partial charge in [-0.2, -0.15) is 0 Å². The molecule has 0 atom stereocenters. The second-order valence-electron chi connectivity index (χ2n) is 4.47. The third kappa shape index (κ3) is 3.68. The summed E-state index contributed by atoms with van der Waals surface area (Å²) in [4.78, 5) is 0. The van der Waals surface area contributed by atoms with E-state index in [1.807, 2.05) is 0 Å². The minimum absolute atomic E-state index is 0.293. The van der Waals surface area contributed by atoms with Crippen LogP contribution < -0.4 is 5.32 Å². The summed E-state index contributed by atoms with van der Waals surface area (Å²) in [6, 6.07) is 4.49. The molecule has 0 radical (unpaired) electrons. The lowest BCUT2D eigenvalue weighted by atomic mass is 10.0. The third-order valence-electron chi connectivity index (χ3n) is 3.12. The van der Waals surface area contributed by atoms with Crippen molar-refractivity contribution in [2.24, 2.45) is 5.92 Å². The van der Waals surface area contributed by atoms with Crippen molar-refractivity contribution in [3.63, 3.8) is 0 Å². The molecule has 4 heteroatoms. The zero-order valence-electron chi connectivity index (χ0n) is 9.79. The van der Waals surface area contributed by atoms with E-state index in [0.29, 0.717) is 12.5 Å². The summed E-state index contributed by atoms with van der Waals surface area (Å²) in [5.74, 6) is -0.195. The summed E-state index contributed by atoms with van der Waals surface area (Å²) in [6.45, 7) is 3.26. The minimum Gasteiger partial charge on any atom is -0.505 e. The fraction of sp³-hybridized carbons (Fsp3) is 0.538. The van der Waals surface area contributed by atoms with Crippen LogP contribution in [-0.4, -0.2) is 24.9 Å². The van der Waals surface area contributed by atoms with E-state index >= 15 is 0 Å². The van der Waals surface area contributed by atoms with Gasteiger partial charge in [0.25, 0.3) is 0 Å². The van der Waals surface area contributed by atoms with E-state index in [0.717, 1.165) is 38.2 Å². The molecular formula is C13H18FNO2. The maximum atomic E-state index is 13.1. The van der Waals surface area contributed by atoms with Crippen LogP contribution in [0.2, 0.25) is 0 Å². The van der Waals surface area contributed by atoms with Gasteiger partial charge in [0.1, 0.15) is 0 Å². The van der Waals surface area contributed by atoms with Crippen LogP contribution in [0.3, 0.4) is 0 Å². The number of hydrogen-bond donors (Lipinski definition) is 2. The summed E-state index contributed by atoms with van der Waals surface area (Å²) < 4.78 is 18.4. The molecule has 94 valence electrons. The first-order chi connectivity index (χ1) is 8.25. The van der Waals surface area contributed by atoms with Crippen molar-refractivity contribution in [2.45, 2.75) is 19.4 Å². The number of nitrogens with one attached hydrogen (secondary N) is 1. The summed E-state index contributed by atoms with van der Waals surface area (Å²) in [5.41, 5.74) is 0.854. The predicted octanol–water partition coefficient (Wildman–Crippen LogP) is 2.05. The molecule has 2 N–H and O–H groups in total. The van der Waals surface area contributed by atoms with Gasteiger partial charge in [0.15, 0.2) is 11.6 Å². The molecule has 2 rings (SSSR count). The quantitative estimate of drug-likeness (QED) is 0.845. The standard InChI is InChI=1S/C13H18FNO2/c14-12-7-11(1-2-13(12)16)9-15-8-10-3-5-17-6-4-10/h1-2,7,10,15-16H,3-6,8-9H2. The van der Waals surface area contributed by atoms with Crippen molar-refractivity contribution in [3.8, 4) is 5.75 Å². The summed E-state index contributed by atoms with van der Waals surface area (Å²) in [5, 5.41) is 12.4. The number of hydrogen-bond acceptors (Lipinski definition) is 3. The van der Waals surface area contributed by atoms with E-state index in [9.17, 15) is 4.39 Å². The number of benzene rings is 1. The molecule has 1 aliphatic heterocycles. The zero-order valence-corrected chi connectivity index (χ0v) is 9.79. The summed E-state index contributed by atoms with van der Waals surface area (Å²) >= 11 is 0. The van der Waals surface area contributed by atoms with Crippen molar-refractivity contribution in [1.82, 2.24) is 5.32 Å². The third-order valence-corrected chi connectivity index (χ3v) is 3.12. The highest BCUT2D eigenvalue weighted by atomic mass is 19.1. The van der Waals surface area contributed by atoms with E-state index < -0.39 is 5.82 Å². The predicted molar refractivity (Wildman–Crippen MR) is 63.3 cm³/mol. The molecule has 1 aromatic carbocycles. The first-order valence-corrected chi connectivity index (χ1v) is 6.01. The molecule has 1 aliphatic rings. The molecule has 17 heavy (non-hydrogen) atoms. The number of halogens is 1. The molecule has 0 unspecified atom stereocenters. The van der Waals surface area contributed by atoms with Gasteiger partial charge in [-0.3, -0.25) is 0 Å². The Bertz CT molecular complexity index is 364. The summed E-state index contributed by atoms with van der Waals surface area (Å²) in [6.07, 6.45) is 2.19. The van der Waals surface area contributed by atoms with Crippen LogP contribution in [0.25, 0.3) is 0 Å². The number of ether oxygens (including phenoxy) is 1. The monoisotopic (exact) mass is 239 g/mol. The molecule has 1 fully saturated rings. The lowest BCUT2D eigenvalue weighted by Crippen LogP contribution is -2.27. The van der Waals surface area contributed by atoms with Gasteiger partial charge in [-0.25, -0.2) is 4.39 Å². The Balaban J connectivity index is 1.75. The highest BCUT2D eigenvalue weighted by Gasteiger charge is 2.12. The number of aromatic hydroxyl groups is 1. The molecule has 0 bridgehead atoms. The highest BCUT2D eigenvalue weighted by Crippen LogP contribution is 2.17. The lowest BCUT2D eigenvalue weighted by Gasteiger charge is -2.22. The van der Waals surface area contributed by atoms with E-state index in [-0.39, 0.29) is 5.75 Å². The Hall–Kier alpha value is -1.13. The smallest absolute Gasteiger partial charge is 0.165 e. The van der Waals surface area contributed by atoms with Crippen molar-refractivity contribution in [2.75, 3.05) is 19.8 Å². The van der Waals surface area contributed by atoms with Gasteiger partial charge in [0.05, 0.1) is 0 Å². The molecule has 1 saturated heterocycles. The van der Waals surface area contributed by atoms with Crippen molar-refractivity contribution >= 4 is 0 Å². The second kappa shape index (κ2) is 5.98. The summed E-state index contributed by atoms with van der Waals surface area (Å²) in [7, 11) is 0. The average Bonchev–Trinajstić information content (AvgIpc) is 2.35. The van der Waals surface area contributed by atoms with Crippen LogP contribution in [0.5, 0.6) is 5.75 Å². The van der Waals surface area contributed by atoms with Crippen molar-refractivity contribution in [1.29, 1.82) is 0 Å². The van der Waals surface area contributed by atoms with Crippen molar-refractivity contribution < 1.29 is 14.2 Å². The molecular weight excluding hydrogens is 221 g/mol. The van der Waals surface area contributed by atoms with Crippen LogP contribution in [-0.2, 0) is 11.3 Å². The molecule has 0 saturated carbocycles. The average molecular weight is 239 g/mol. The Morgan fingerprint density at radius 1 is 1.35 bits per heavy atom. The van der Waals surface area contributed by atoms with E-state index in [1.165, 1.54) is 12.1 Å². The highest BCUT2D eigenvalue weighted by molar-refractivity contribution is 5.27. The van der Waals surface area contributed by atoms with E-state index in [4.69, 9.17) is 9.84 Å². The maximum absolute atomic E-state index is 13.1. The zero-order chi connectivity index (χ0) is 12.1. The lowest BCUT2D eigenvalue weighted by molar-refractivity contribution is 0.0662. The van der Waals surface area contributed by atoms with E-state index in [1.54, 1.807) is 6.07 Å². The van der Waals surface area contributed by atoms with Crippen LogP contribution in [0, 0.1) is 11.7 Å². The van der Waals surface area contributed by atoms with Gasteiger partial charge >= 0.3 is 0 Å². The molecule has 1 heterocycles. The largest absolute Gasteiger partial charge is 0.505 e. The van der Waals surface area contributed by atoms with Gasteiger partial charge in [-0.1, -0.05) is 6.07 Å². The Kier molecular flexibility index (Phi) is 4.34. The Morgan fingerprint density at radius 2 is 2.12 bits per heavy atom. The van der Waals surface area contributed by atoms with Gasteiger partial charge < -0.3 is 15.2 Å². The van der Waals surface area contributed by atoms with Gasteiger partial charge in [0, 0.05) is 19.8 Å². The topological polar surface area (TPSA) is 41.5 Å². The van der Waals surface area contributed by atoms with Crippen LogP contribution >= 0.6 is 0 Å². The van der Waals surface area contributed by atoms with Crippen LogP contribution in [0.15, 0.2) is 18.2 Å². The number of phenols is 1. The SMILES string of the molecule is Oc1ccc(CNCC2CCOCC2)cc1F. The molecule has 3 nitrogen and oxygen atoms in total. The second-order valence-corrected chi connectivity index (χ2v) is 4.47. The normalized spacial score (nSPS) is 17.2. The van der Waals surface area contributed by atoms with Gasteiger partial charge in [0.2, 0.25) is 0 Å². The van der Waals surface area contributed by atoms with Crippen molar-refractivity contribution in [3.05, 3.63) is 29.6 Å². The first-order valence-electron chi connectivity index (χ1n) is 6.01.